The summed E-state index contributed by atoms with van der Waals surface area (Å²) in [6.45, 7) is 0.351. The summed E-state index contributed by atoms with van der Waals surface area (Å²) in [5, 5.41) is 2.74. The fourth-order valence-electron chi connectivity index (χ4n) is 2.87. The number of fused-ring (bicyclic) bond motifs is 1. The zero-order valence-electron chi connectivity index (χ0n) is 13.2. The Bertz CT molecular complexity index is 707. The molecule has 5 heteroatoms. The van der Waals surface area contributed by atoms with E-state index in [0.29, 0.717) is 17.9 Å². The summed E-state index contributed by atoms with van der Waals surface area (Å²) in [4.78, 5) is 25.8. The van der Waals surface area contributed by atoms with Crippen LogP contribution in [0.4, 0.5) is 0 Å². The SMILES string of the molecule is CN(CC(=O)NCc1ccco1)C(=O)c1ccc2c(c1)CCC2. The van der Waals surface area contributed by atoms with Crippen LogP contribution in [-0.4, -0.2) is 30.3 Å². The van der Waals surface area contributed by atoms with E-state index in [4.69, 9.17) is 4.42 Å². The first kappa shape index (κ1) is 15.3. The molecule has 0 atom stereocenters. The van der Waals surface area contributed by atoms with Crippen LogP contribution in [0.25, 0.3) is 0 Å². The highest BCUT2D eigenvalue weighted by Gasteiger charge is 2.18. The minimum atomic E-state index is -0.210. The van der Waals surface area contributed by atoms with Gasteiger partial charge >= 0.3 is 0 Å². The molecule has 0 saturated heterocycles. The number of nitrogens with zero attached hydrogens (tertiary/aromatic N) is 1. The number of rotatable bonds is 5. The average Bonchev–Trinajstić information content (AvgIpc) is 3.22. The van der Waals surface area contributed by atoms with Gasteiger partial charge in [0.2, 0.25) is 5.91 Å². The molecule has 0 bridgehead atoms. The van der Waals surface area contributed by atoms with Gasteiger partial charge in [-0.15, -0.1) is 0 Å². The van der Waals surface area contributed by atoms with Crippen LogP contribution in [0, 0.1) is 0 Å². The van der Waals surface area contributed by atoms with Gasteiger partial charge in [-0.05, 0) is 54.7 Å². The molecule has 1 aliphatic rings. The second-order valence-corrected chi connectivity index (χ2v) is 5.85. The number of hydrogen-bond acceptors (Lipinski definition) is 3. The van der Waals surface area contributed by atoms with Crippen LogP contribution in [0.3, 0.4) is 0 Å². The van der Waals surface area contributed by atoms with Gasteiger partial charge in [0.05, 0.1) is 19.4 Å². The third-order valence-electron chi connectivity index (χ3n) is 4.11. The van der Waals surface area contributed by atoms with Crippen molar-refractivity contribution in [3.05, 3.63) is 59.0 Å². The van der Waals surface area contributed by atoms with Gasteiger partial charge in [-0.2, -0.15) is 0 Å². The zero-order chi connectivity index (χ0) is 16.2. The molecular formula is C18H20N2O3. The van der Waals surface area contributed by atoms with Crippen molar-refractivity contribution in [1.82, 2.24) is 10.2 Å². The molecule has 0 fully saturated rings. The Morgan fingerprint density at radius 2 is 2.04 bits per heavy atom. The maximum absolute atomic E-state index is 12.4. The first-order chi connectivity index (χ1) is 11.1. The maximum atomic E-state index is 12.4. The van der Waals surface area contributed by atoms with E-state index in [2.05, 4.69) is 5.32 Å². The predicted molar refractivity (Wildman–Crippen MR) is 86.0 cm³/mol. The highest BCUT2D eigenvalue weighted by Crippen LogP contribution is 2.23. The normalized spacial score (nSPS) is 12.7. The zero-order valence-corrected chi connectivity index (χ0v) is 13.2. The molecule has 5 nitrogen and oxygen atoms in total. The van der Waals surface area contributed by atoms with Gasteiger partial charge < -0.3 is 14.6 Å². The lowest BCUT2D eigenvalue weighted by Crippen LogP contribution is -2.38. The first-order valence-corrected chi connectivity index (χ1v) is 7.80. The number of aryl methyl sites for hydroxylation is 2. The minimum absolute atomic E-state index is 0.0244. The van der Waals surface area contributed by atoms with Crippen LogP contribution >= 0.6 is 0 Å². The van der Waals surface area contributed by atoms with E-state index in [1.807, 2.05) is 18.2 Å². The molecule has 120 valence electrons. The van der Waals surface area contributed by atoms with E-state index in [0.717, 1.165) is 19.3 Å². The van der Waals surface area contributed by atoms with Gasteiger partial charge in [0, 0.05) is 12.6 Å². The topological polar surface area (TPSA) is 62.6 Å². The molecule has 2 amide bonds. The quantitative estimate of drug-likeness (QED) is 0.920. The molecule has 1 aliphatic carbocycles. The molecule has 3 rings (SSSR count). The van der Waals surface area contributed by atoms with Gasteiger partial charge in [-0.25, -0.2) is 0 Å². The van der Waals surface area contributed by atoms with Gasteiger partial charge in [0.25, 0.3) is 5.91 Å². The van der Waals surface area contributed by atoms with E-state index in [-0.39, 0.29) is 18.4 Å². The molecule has 1 aromatic carbocycles. The Morgan fingerprint density at radius 3 is 2.83 bits per heavy atom. The third-order valence-corrected chi connectivity index (χ3v) is 4.11. The summed E-state index contributed by atoms with van der Waals surface area (Å²) in [6, 6.07) is 9.40. The summed E-state index contributed by atoms with van der Waals surface area (Å²) in [7, 11) is 1.64. The van der Waals surface area contributed by atoms with Gasteiger partial charge in [0.1, 0.15) is 5.76 Å². The number of amides is 2. The van der Waals surface area contributed by atoms with Crippen LogP contribution in [-0.2, 0) is 24.2 Å². The lowest BCUT2D eigenvalue weighted by Gasteiger charge is -2.17. The summed E-state index contributed by atoms with van der Waals surface area (Å²) in [5.41, 5.74) is 3.24. The first-order valence-electron chi connectivity index (χ1n) is 7.80. The van der Waals surface area contributed by atoms with E-state index in [1.165, 1.54) is 16.0 Å². The van der Waals surface area contributed by atoms with Crippen LogP contribution in [0.2, 0.25) is 0 Å². The van der Waals surface area contributed by atoms with Crippen molar-refractivity contribution in [2.24, 2.45) is 0 Å². The van der Waals surface area contributed by atoms with Gasteiger partial charge in [-0.1, -0.05) is 6.07 Å². The average molecular weight is 312 g/mol. The number of furan rings is 1. The van der Waals surface area contributed by atoms with Crippen molar-refractivity contribution in [2.75, 3.05) is 13.6 Å². The van der Waals surface area contributed by atoms with Crippen molar-refractivity contribution in [2.45, 2.75) is 25.8 Å². The Hall–Kier alpha value is -2.56. The second-order valence-electron chi connectivity index (χ2n) is 5.85. The third kappa shape index (κ3) is 3.62. The molecular weight excluding hydrogens is 292 g/mol. The fourth-order valence-corrected chi connectivity index (χ4v) is 2.87. The van der Waals surface area contributed by atoms with Crippen molar-refractivity contribution < 1.29 is 14.0 Å². The Balaban J connectivity index is 1.55. The summed E-state index contributed by atoms with van der Waals surface area (Å²) in [6.07, 6.45) is 4.83. The minimum Gasteiger partial charge on any atom is -0.467 e. The highest BCUT2D eigenvalue weighted by atomic mass is 16.3. The molecule has 23 heavy (non-hydrogen) atoms. The summed E-state index contributed by atoms with van der Waals surface area (Å²) in [5.74, 6) is 0.345. The van der Waals surface area contributed by atoms with Crippen molar-refractivity contribution in [1.29, 1.82) is 0 Å². The van der Waals surface area contributed by atoms with E-state index >= 15 is 0 Å². The monoisotopic (exact) mass is 312 g/mol. The fraction of sp³-hybridized carbons (Fsp3) is 0.333. The lowest BCUT2D eigenvalue weighted by molar-refractivity contribution is -0.121. The molecule has 1 aromatic heterocycles. The van der Waals surface area contributed by atoms with Crippen molar-refractivity contribution >= 4 is 11.8 Å². The number of likely N-dealkylation sites (N-methyl/N-ethyl adjacent to an activating group) is 1. The molecule has 1 heterocycles. The summed E-state index contributed by atoms with van der Waals surface area (Å²) >= 11 is 0. The second kappa shape index (κ2) is 6.69. The van der Waals surface area contributed by atoms with Crippen LogP contribution in [0.15, 0.2) is 41.0 Å². The number of benzene rings is 1. The van der Waals surface area contributed by atoms with Crippen molar-refractivity contribution in [3.8, 4) is 0 Å². The number of hydrogen-bond donors (Lipinski definition) is 1. The Morgan fingerprint density at radius 1 is 1.22 bits per heavy atom. The van der Waals surface area contributed by atoms with Gasteiger partial charge in [-0.3, -0.25) is 9.59 Å². The van der Waals surface area contributed by atoms with E-state index in [1.54, 1.807) is 25.4 Å². The van der Waals surface area contributed by atoms with Crippen LogP contribution < -0.4 is 5.32 Å². The Kier molecular flexibility index (Phi) is 4.46. The molecule has 0 unspecified atom stereocenters. The highest BCUT2D eigenvalue weighted by molar-refractivity contribution is 5.96. The largest absolute Gasteiger partial charge is 0.467 e. The smallest absolute Gasteiger partial charge is 0.254 e. The number of carbonyl (C=O) groups is 2. The molecule has 1 N–H and O–H groups in total. The van der Waals surface area contributed by atoms with Crippen molar-refractivity contribution in [3.63, 3.8) is 0 Å². The molecule has 2 aromatic rings. The summed E-state index contributed by atoms with van der Waals surface area (Å²) < 4.78 is 5.15. The van der Waals surface area contributed by atoms with Crippen LogP contribution in [0.5, 0.6) is 0 Å². The maximum Gasteiger partial charge on any atom is 0.254 e. The van der Waals surface area contributed by atoms with E-state index in [9.17, 15) is 9.59 Å². The number of carbonyl (C=O) groups excluding carboxylic acids is 2. The molecule has 0 spiro atoms. The molecule has 0 aliphatic heterocycles. The Labute approximate surface area is 135 Å². The predicted octanol–water partition coefficient (Wildman–Crippen LogP) is 2.16. The van der Waals surface area contributed by atoms with Gasteiger partial charge in [0.15, 0.2) is 0 Å². The molecule has 0 saturated carbocycles. The van der Waals surface area contributed by atoms with E-state index < -0.39 is 0 Å². The standard InChI is InChI=1S/C18H20N2O3/c1-20(12-17(21)19-11-16-6-3-9-23-16)18(22)15-8-7-13-4-2-5-14(13)10-15/h3,6-10H,2,4-5,11-12H2,1H3,(H,19,21). The molecule has 0 radical (unpaired) electrons. The number of nitrogens with one attached hydrogen (secondary N) is 1. The van der Waals surface area contributed by atoms with Crippen LogP contribution in [0.1, 0.15) is 33.7 Å². The lowest BCUT2D eigenvalue weighted by atomic mass is 10.1.